The van der Waals surface area contributed by atoms with E-state index in [-0.39, 0.29) is 34.8 Å². The lowest BCUT2D eigenvalue weighted by Gasteiger charge is -2.32. The molecule has 0 aromatic carbocycles. The molecule has 1 aliphatic rings. The summed E-state index contributed by atoms with van der Waals surface area (Å²) in [6, 6.07) is 0. The van der Waals surface area contributed by atoms with Crippen molar-refractivity contribution in [3.63, 3.8) is 0 Å². The third-order valence-electron chi connectivity index (χ3n) is 4.45. The molecule has 0 radical (unpaired) electrons. The van der Waals surface area contributed by atoms with E-state index in [0.29, 0.717) is 0 Å². The summed E-state index contributed by atoms with van der Waals surface area (Å²) in [7, 11) is -0.235. The minimum absolute atomic E-state index is 0.140. The normalized spacial score (nSPS) is 24.6. The van der Waals surface area contributed by atoms with Gasteiger partial charge in [0.2, 0.25) is 0 Å². The molecule has 0 saturated carbocycles. The molecule has 2 unspecified atom stereocenters. The van der Waals surface area contributed by atoms with Crippen molar-refractivity contribution < 1.29 is 9.31 Å². The highest BCUT2D eigenvalue weighted by Crippen LogP contribution is 2.46. The predicted molar refractivity (Wildman–Crippen MR) is 91.5 cm³/mol. The Kier molecular flexibility index (Phi) is 5.16. The fraction of sp³-hybridized carbons (Fsp3) is 0.875. The van der Waals surface area contributed by atoms with Gasteiger partial charge < -0.3 is 9.31 Å². The van der Waals surface area contributed by atoms with Crippen LogP contribution in [0.2, 0.25) is 5.82 Å². The first-order valence-corrected chi connectivity index (χ1v) is 8.01. The van der Waals surface area contributed by atoms with Crippen molar-refractivity contribution in [3.8, 4) is 0 Å². The second-order valence-corrected chi connectivity index (χ2v) is 9.02. The molecule has 2 nitrogen and oxygen atoms in total. The molecular weight excluding hydrogens is 267 g/mol. The predicted octanol–water partition coefficient (Wildman–Crippen LogP) is 4.76. The van der Waals surface area contributed by atoms with Gasteiger partial charge in [0, 0.05) is 11.1 Å². The van der Waals surface area contributed by atoms with Crippen LogP contribution in [0.25, 0.3) is 0 Å². The average molecular weight is 298 g/mol. The summed E-state index contributed by atoms with van der Waals surface area (Å²) in [4.78, 5) is 0. The zero-order chi connectivity index (χ0) is 15.9. The third kappa shape index (κ3) is 4.05. The second kappa shape index (κ2) is 5.70. The molecule has 0 aromatic rings. The van der Waals surface area contributed by atoms with Gasteiger partial charge >= 0.3 is 7.12 Å². The Morgan fingerprint density at radius 3 is 1.85 bits per heavy atom. The standard InChI is InChI=1S/C16H31BO2S/c1-11(12(2)20)13(10-14(3,4)5)17-18-15(6,7)16(8,9)19-17/h12-13,20H,1,10H2,2-9H3. The molecule has 0 spiro atoms. The van der Waals surface area contributed by atoms with E-state index in [9.17, 15) is 0 Å². The molecule has 2 atom stereocenters. The van der Waals surface area contributed by atoms with Crippen LogP contribution in [0.1, 0.15) is 61.8 Å². The number of rotatable bonds is 4. The van der Waals surface area contributed by atoms with E-state index in [1.807, 2.05) is 0 Å². The van der Waals surface area contributed by atoms with Gasteiger partial charge in [-0.3, -0.25) is 0 Å². The largest absolute Gasteiger partial charge is 0.465 e. The molecule has 0 N–H and O–H groups in total. The molecule has 116 valence electrons. The van der Waals surface area contributed by atoms with Crippen LogP contribution in [-0.4, -0.2) is 23.6 Å². The maximum atomic E-state index is 6.23. The van der Waals surface area contributed by atoms with Gasteiger partial charge in [-0.05, 0) is 46.5 Å². The Hall–Kier alpha value is 0.0749. The van der Waals surface area contributed by atoms with Crippen LogP contribution in [0.4, 0.5) is 0 Å². The highest BCUT2D eigenvalue weighted by Gasteiger charge is 2.54. The molecule has 1 saturated heterocycles. The van der Waals surface area contributed by atoms with Crippen LogP contribution < -0.4 is 0 Å². The van der Waals surface area contributed by atoms with E-state index < -0.39 is 0 Å². The molecular formula is C16H31BO2S. The van der Waals surface area contributed by atoms with Crippen LogP contribution >= 0.6 is 12.6 Å². The molecule has 1 fully saturated rings. The molecule has 1 rings (SSSR count). The molecule has 0 amide bonds. The average Bonchev–Trinajstić information content (AvgIpc) is 2.42. The SMILES string of the molecule is C=C(C(C)S)C(CC(C)(C)C)B1OC(C)(C)C(C)(C)O1. The maximum absolute atomic E-state index is 6.23. The molecule has 1 aliphatic heterocycles. The lowest BCUT2D eigenvalue weighted by atomic mass is 9.61. The van der Waals surface area contributed by atoms with Crippen molar-refractivity contribution in [2.75, 3.05) is 0 Å². The topological polar surface area (TPSA) is 18.5 Å². The molecule has 0 aliphatic carbocycles. The summed E-state index contributed by atoms with van der Waals surface area (Å²) >= 11 is 4.55. The van der Waals surface area contributed by atoms with Crippen LogP contribution in [0.5, 0.6) is 0 Å². The fourth-order valence-corrected chi connectivity index (χ4v) is 2.62. The van der Waals surface area contributed by atoms with Crippen molar-refractivity contribution in [3.05, 3.63) is 12.2 Å². The Labute approximate surface area is 131 Å². The van der Waals surface area contributed by atoms with E-state index in [1.54, 1.807) is 0 Å². The minimum atomic E-state index is -0.298. The van der Waals surface area contributed by atoms with Crippen molar-refractivity contribution in [2.24, 2.45) is 5.41 Å². The van der Waals surface area contributed by atoms with Gasteiger partial charge in [-0.1, -0.05) is 32.9 Å². The van der Waals surface area contributed by atoms with Gasteiger partial charge in [0.25, 0.3) is 0 Å². The first kappa shape index (κ1) is 18.1. The summed E-state index contributed by atoms with van der Waals surface area (Å²) in [5.74, 6) is 0.170. The van der Waals surface area contributed by atoms with E-state index in [0.717, 1.165) is 12.0 Å². The highest BCUT2D eigenvalue weighted by atomic mass is 32.1. The molecule has 4 heteroatoms. The monoisotopic (exact) mass is 298 g/mol. The van der Waals surface area contributed by atoms with E-state index in [4.69, 9.17) is 9.31 Å². The van der Waals surface area contributed by atoms with Crippen LogP contribution in [0.3, 0.4) is 0 Å². The van der Waals surface area contributed by atoms with Crippen LogP contribution in [0.15, 0.2) is 12.2 Å². The Balaban J connectivity index is 2.99. The lowest BCUT2D eigenvalue weighted by Crippen LogP contribution is -2.41. The van der Waals surface area contributed by atoms with E-state index >= 15 is 0 Å². The quantitative estimate of drug-likeness (QED) is 0.458. The highest BCUT2D eigenvalue weighted by molar-refractivity contribution is 7.81. The maximum Gasteiger partial charge on any atom is 0.465 e. The van der Waals surface area contributed by atoms with Gasteiger partial charge in [-0.25, -0.2) is 0 Å². The smallest absolute Gasteiger partial charge is 0.403 e. The zero-order valence-electron chi connectivity index (χ0n) is 14.4. The van der Waals surface area contributed by atoms with Gasteiger partial charge in [0.1, 0.15) is 0 Å². The Morgan fingerprint density at radius 2 is 1.55 bits per heavy atom. The first-order valence-electron chi connectivity index (χ1n) is 7.49. The minimum Gasteiger partial charge on any atom is -0.403 e. The summed E-state index contributed by atoms with van der Waals surface area (Å²) in [5.41, 5.74) is 0.698. The molecule has 20 heavy (non-hydrogen) atoms. The van der Waals surface area contributed by atoms with E-state index in [1.165, 1.54) is 0 Å². The summed E-state index contributed by atoms with van der Waals surface area (Å²) < 4.78 is 12.5. The molecule has 0 bridgehead atoms. The fourth-order valence-electron chi connectivity index (χ4n) is 2.42. The Morgan fingerprint density at radius 1 is 1.15 bits per heavy atom. The summed E-state index contributed by atoms with van der Waals surface area (Å²) in [6.07, 6.45) is 0.980. The lowest BCUT2D eigenvalue weighted by molar-refractivity contribution is 0.00578. The first-order chi connectivity index (χ1) is 8.77. The van der Waals surface area contributed by atoms with Gasteiger partial charge in [-0.15, -0.1) is 0 Å². The number of hydrogen-bond donors (Lipinski definition) is 1. The van der Waals surface area contributed by atoms with Crippen molar-refractivity contribution in [2.45, 2.75) is 84.1 Å². The van der Waals surface area contributed by atoms with Crippen LogP contribution in [-0.2, 0) is 9.31 Å². The molecule has 1 heterocycles. The molecule has 0 aromatic heterocycles. The third-order valence-corrected chi connectivity index (χ3v) is 4.78. The van der Waals surface area contributed by atoms with Crippen molar-refractivity contribution >= 4 is 19.7 Å². The summed E-state index contributed by atoms with van der Waals surface area (Å²) in [5, 5.41) is 0.140. The number of thiol groups is 1. The second-order valence-electron chi connectivity index (χ2n) is 8.25. The van der Waals surface area contributed by atoms with Gasteiger partial charge in [0.15, 0.2) is 0 Å². The van der Waals surface area contributed by atoms with Crippen molar-refractivity contribution in [1.82, 2.24) is 0 Å². The van der Waals surface area contributed by atoms with Crippen LogP contribution in [0, 0.1) is 5.41 Å². The van der Waals surface area contributed by atoms with Crippen molar-refractivity contribution in [1.29, 1.82) is 0 Å². The zero-order valence-corrected chi connectivity index (χ0v) is 15.3. The van der Waals surface area contributed by atoms with Gasteiger partial charge in [-0.2, -0.15) is 12.6 Å². The number of hydrogen-bond acceptors (Lipinski definition) is 3. The van der Waals surface area contributed by atoms with E-state index in [2.05, 4.69) is 74.6 Å². The summed E-state index contributed by atoms with van der Waals surface area (Å²) in [6.45, 7) is 21.4. The van der Waals surface area contributed by atoms with Gasteiger partial charge in [0.05, 0.1) is 11.2 Å². The Bertz CT molecular complexity index is 353.